The molecule has 30 heavy (non-hydrogen) atoms. The van der Waals surface area contributed by atoms with Crippen LogP contribution in [0.3, 0.4) is 0 Å². The van der Waals surface area contributed by atoms with Crippen LogP contribution in [0.15, 0.2) is 54.1 Å². The van der Waals surface area contributed by atoms with Crippen LogP contribution in [-0.2, 0) is 0 Å². The van der Waals surface area contributed by atoms with Crippen molar-refractivity contribution in [3.05, 3.63) is 91.6 Å². The molecule has 0 bridgehead atoms. The van der Waals surface area contributed by atoms with E-state index in [9.17, 15) is 14.9 Å². The van der Waals surface area contributed by atoms with E-state index in [1.54, 1.807) is 18.2 Å². The van der Waals surface area contributed by atoms with Crippen LogP contribution < -0.4 is 0 Å². The molecule has 8 heteroatoms. The van der Waals surface area contributed by atoms with Crippen LogP contribution in [0.25, 0.3) is 22.3 Å². The summed E-state index contributed by atoms with van der Waals surface area (Å²) in [5.41, 5.74) is 4.35. The predicted octanol–water partition coefficient (Wildman–Crippen LogP) is 6.14. The minimum atomic E-state index is -0.525. The number of fused-ring (bicyclic) bond motifs is 1. The average molecular weight is 438 g/mol. The number of nitro benzene ring substituents is 1. The Bertz CT molecular complexity index is 1340. The largest absolute Gasteiger partial charge is 0.290 e. The first-order valence-electron chi connectivity index (χ1n) is 9.04. The molecular formula is C22H16ClN3O3S. The van der Waals surface area contributed by atoms with Gasteiger partial charge in [0.2, 0.25) is 0 Å². The van der Waals surface area contributed by atoms with Crippen LogP contribution in [0, 0.1) is 24.0 Å². The maximum Gasteiger partial charge on any atom is 0.288 e. The molecule has 0 aliphatic heterocycles. The van der Waals surface area contributed by atoms with Crippen LogP contribution in [0.2, 0.25) is 5.02 Å². The lowest BCUT2D eigenvalue weighted by molar-refractivity contribution is -0.384. The van der Waals surface area contributed by atoms with Crippen LogP contribution in [0.4, 0.5) is 5.69 Å². The van der Waals surface area contributed by atoms with Crippen molar-refractivity contribution in [1.82, 2.24) is 9.38 Å². The lowest BCUT2D eigenvalue weighted by atomic mass is 10.0. The van der Waals surface area contributed by atoms with Crippen molar-refractivity contribution in [3.63, 3.8) is 0 Å². The molecule has 0 atom stereocenters. The number of nitrogens with zero attached hydrogens (tertiary/aromatic N) is 3. The molecule has 0 radical (unpaired) electrons. The second kappa shape index (κ2) is 7.85. The van der Waals surface area contributed by atoms with Crippen molar-refractivity contribution < 1.29 is 9.72 Å². The number of imidazole rings is 1. The summed E-state index contributed by atoms with van der Waals surface area (Å²) >= 11 is 7.38. The van der Waals surface area contributed by atoms with Gasteiger partial charge in [0.05, 0.1) is 16.3 Å². The normalized spacial score (nSPS) is 11.4. The van der Waals surface area contributed by atoms with Gasteiger partial charge in [0.1, 0.15) is 5.02 Å². The van der Waals surface area contributed by atoms with Crippen molar-refractivity contribution in [3.8, 4) is 11.3 Å². The van der Waals surface area contributed by atoms with Gasteiger partial charge in [-0.05, 0) is 49.3 Å². The maximum absolute atomic E-state index is 12.7. The molecular weight excluding hydrogens is 422 g/mol. The number of nitro groups is 1. The van der Waals surface area contributed by atoms with Gasteiger partial charge in [-0.3, -0.25) is 19.3 Å². The Morgan fingerprint density at radius 2 is 2.00 bits per heavy atom. The highest BCUT2D eigenvalue weighted by atomic mass is 35.5. The van der Waals surface area contributed by atoms with Gasteiger partial charge in [-0.25, -0.2) is 4.98 Å². The van der Waals surface area contributed by atoms with Crippen molar-refractivity contribution >= 4 is 45.4 Å². The molecule has 0 saturated carbocycles. The van der Waals surface area contributed by atoms with Crippen molar-refractivity contribution in [2.45, 2.75) is 13.8 Å². The molecule has 4 aromatic rings. The van der Waals surface area contributed by atoms with Gasteiger partial charge >= 0.3 is 0 Å². The molecule has 0 saturated heterocycles. The number of benzene rings is 2. The van der Waals surface area contributed by atoms with Gasteiger partial charge in [0.15, 0.2) is 10.7 Å². The molecule has 150 valence electrons. The molecule has 0 unspecified atom stereocenters. The average Bonchev–Trinajstić information content (AvgIpc) is 3.30. The summed E-state index contributed by atoms with van der Waals surface area (Å²) in [6.45, 7) is 3.96. The number of aromatic nitrogens is 2. The summed E-state index contributed by atoms with van der Waals surface area (Å²) in [4.78, 5) is 28.8. The molecule has 0 fully saturated rings. The summed E-state index contributed by atoms with van der Waals surface area (Å²) < 4.78 is 1.85. The molecule has 0 aliphatic rings. The van der Waals surface area contributed by atoms with E-state index in [1.165, 1.54) is 29.5 Å². The van der Waals surface area contributed by atoms with E-state index < -0.39 is 4.92 Å². The van der Waals surface area contributed by atoms with E-state index in [0.717, 1.165) is 16.1 Å². The lowest BCUT2D eigenvalue weighted by Gasteiger charge is -2.03. The van der Waals surface area contributed by atoms with E-state index in [0.29, 0.717) is 22.5 Å². The Morgan fingerprint density at radius 3 is 2.73 bits per heavy atom. The van der Waals surface area contributed by atoms with Gasteiger partial charge in [0.25, 0.3) is 5.69 Å². The number of aryl methyl sites for hydroxylation is 2. The Balaban J connectivity index is 1.78. The third kappa shape index (κ3) is 3.65. The molecule has 6 nitrogen and oxygen atoms in total. The third-order valence-corrected chi connectivity index (χ3v) is 5.98. The van der Waals surface area contributed by atoms with Crippen LogP contribution >= 0.6 is 22.9 Å². The SMILES string of the molecule is Cc1ccc(C(=O)C=Cc2c(-c3ccc(Cl)c([N+](=O)[O-])c3)nc3sccn23)cc1C. The summed E-state index contributed by atoms with van der Waals surface area (Å²) in [5, 5.41) is 13.2. The molecule has 4 rings (SSSR count). The van der Waals surface area contributed by atoms with E-state index in [4.69, 9.17) is 11.6 Å². The zero-order chi connectivity index (χ0) is 21.4. The van der Waals surface area contributed by atoms with Crippen LogP contribution in [0.1, 0.15) is 27.2 Å². The van der Waals surface area contributed by atoms with Gasteiger partial charge in [0, 0.05) is 28.8 Å². The zero-order valence-corrected chi connectivity index (χ0v) is 17.7. The van der Waals surface area contributed by atoms with E-state index in [2.05, 4.69) is 4.98 Å². The van der Waals surface area contributed by atoms with Crippen LogP contribution in [0.5, 0.6) is 0 Å². The third-order valence-electron chi connectivity index (χ3n) is 4.90. The van der Waals surface area contributed by atoms with Gasteiger partial charge in [-0.1, -0.05) is 29.8 Å². The predicted molar refractivity (Wildman–Crippen MR) is 119 cm³/mol. The summed E-state index contributed by atoms with van der Waals surface area (Å²) in [5.74, 6) is -0.128. The van der Waals surface area contributed by atoms with Crippen LogP contribution in [-0.4, -0.2) is 20.1 Å². The first-order chi connectivity index (χ1) is 14.3. The van der Waals surface area contributed by atoms with Gasteiger partial charge in [-0.2, -0.15) is 0 Å². The number of thiazole rings is 1. The van der Waals surface area contributed by atoms with E-state index in [1.807, 2.05) is 42.0 Å². The molecule has 0 amide bonds. The Morgan fingerprint density at radius 1 is 1.20 bits per heavy atom. The molecule has 2 heterocycles. The van der Waals surface area contributed by atoms with Crippen molar-refractivity contribution in [2.24, 2.45) is 0 Å². The first kappa shape index (κ1) is 20.0. The Hall–Kier alpha value is -3.29. The highest BCUT2D eigenvalue weighted by Crippen LogP contribution is 2.33. The van der Waals surface area contributed by atoms with E-state index in [-0.39, 0.29) is 16.5 Å². The Labute approximate surface area is 181 Å². The molecule has 2 aromatic heterocycles. The Kier molecular flexibility index (Phi) is 5.24. The van der Waals surface area contributed by atoms with Gasteiger partial charge < -0.3 is 0 Å². The quantitative estimate of drug-likeness (QED) is 0.163. The highest BCUT2D eigenvalue weighted by molar-refractivity contribution is 7.15. The first-order valence-corrected chi connectivity index (χ1v) is 10.3. The fraction of sp³-hybridized carbons (Fsp3) is 0.0909. The van der Waals surface area contributed by atoms with E-state index >= 15 is 0 Å². The highest BCUT2D eigenvalue weighted by Gasteiger charge is 2.18. The summed E-state index contributed by atoms with van der Waals surface area (Å²) in [6, 6.07) is 10.2. The molecule has 0 spiro atoms. The lowest BCUT2D eigenvalue weighted by Crippen LogP contribution is -1.96. The monoisotopic (exact) mass is 437 g/mol. The number of hydrogen-bond acceptors (Lipinski definition) is 5. The number of rotatable bonds is 5. The number of hydrogen-bond donors (Lipinski definition) is 0. The number of halogens is 1. The molecule has 0 aliphatic carbocycles. The maximum atomic E-state index is 12.7. The van der Waals surface area contributed by atoms with Crippen molar-refractivity contribution in [2.75, 3.05) is 0 Å². The second-order valence-electron chi connectivity index (χ2n) is 6.82. The summed E-state index contributed by atoms with van der Waals surface area (Å²) in [7, 11) is 0. The zero-order valence-electron chi connectivity index (χ0n) is 16.1. The standard InChI is InChI=1S/C22H16ClN3O3S/c1-13-3-4-15(11-14(13)2)20(27)8-7-18-21(24-22-25(18)9-10-30-22)16-5-6-17(23)19(12-16)26(28)29/h3-12H,1-2H3. The van der Waals surface area contributed by atoms with Gasteiger partial charge in [-0.15, -0.1) is 11.3 Å². The van der Waals surface area contributed by atoms with Crippen molar-refractivity contribution in [1.29, 1.82) is 0 Å². The molecule has 2 aromatic carbocycles. The minimum absolute atomic E-state index is 0.0618. The topological polar surface area (TPSA) is 77.5 Å². The summed E-state index contributed by atoms with van der Waals surface area (Å²) in [6.07, 6.45) is 5.04. The second-order valence-corrected chi connectivity index (χ2v) is 8.10. The number of carbonyl (C=O) groups is 1. The smallest absolute Gasteiger partial charge is 0.288 e. The number of allylic oxidation sites excluding steroid dienone is 1. The molecule has 0 N–H and O–H groups in total. The fourth-order valence-electron chi connectivity index (χ4n) is 3.12. The number of carbonyl (C=O) groups excluding carboxylic acids is 1. The minimum Gasteiger partial charge on any atom is -0.290 e. The fourth-order valence-corrected chi connectivity index (χ4v) is 4.03. The number of ketones is 1.